The zero-order valence-corrected chi connectivity index (χ0v) is 10.0. The molecule has 2 N–H and O–H groups in total. The van der Waals surface area contributed by atoms with Crippen molar-refractivity contribution in [2.75, 3.05) is 20.8 Å². The van der Waals surface area contributed by atoms with Gasteiger partial charge in [-0.25, -0.2) is 0 Å². The summed E-state index contributed by atoms with van der Waals surface area (Å²) in [4.78, 5) is 11.4. The molecule has 1 atom stereocenters. The summed E-state index contributed by atoms with van der Waals surface area (Å²) in [5.41, 5.74) is 6.40. The highest BCUT2D eigenvalue weighted by atomic mass is 16.5. The van der Waals surface area contributed by atoms with Crippen LogP contribution in [-0.4, -0.2) is 32.8 Å². The first-order valence-corrected chi connectivity index (χ1v) is 5.21. The molecule has 1 unspecified atom stereocenters. The van der Waals surface area contributed by atoms with Gasteiger partial charge in [-0.05, 0) is 17.7 Å². The Hall–Kier alpha value is -1.59. The highest BCUT2D eigenvalue weighted by Crippen LogP contribution is 2.12. The van der Waals surface area contributed by atoms with Crippen molar-refractivity contribution in [3.63, 3.8) is 0 Å². The normalized spacial score (nSPS) is 11.9. The van der Waals surface area contributed by atoms with E-state index in [1.807, 2.05) is 12.1 Å². The van der Waals surface area contributed by atoms with Crippen molar-refractivity contribution in [2.45, 2.75) is 12.6 Å². The minimum Gasteiger partial charge on any atom is -0.497 e. The Morgan fingerprint density at radius 1 is 1.29 bits per heavy atom. The van der Waals surface area contributed by atoms with E-state index in [4.69, 9.17) is 19.9 Å². The van der Waals surface area contributed by atoms with Gasteiger partial charge in [0.05, 0.1) is 13.7 Å². The van der Waals surface area contributed by atoms with Crippen LogP contribution < -0.4 is 10.5 Å². The Morgan fingerprint density at radius 3 is 2.47 bits per heavy atom. The lowest BCUT2D eigenvalue weighted by atomic mass is 10.2. The lowest BCUT2D eigenvalue weighted by Crippen LogP contribution is -2.36. The van der Waals surface area contributed by atoms with Crippen LogP contribution in [0.2, 0.25) is 0 Å². The largest absolute Gasteiger partial charge is 0.497 e. The lowest BCUT2D eigenvalue weighted by molar-refractivity contribution is -0.147. The summed E-state index contributed by atoms with van der Waals surface area (Å²) < 4.78 is 14.8. The fourth-order valence-corrected chi connectivity index (χ4v) is 1.23. The molecule has 1 rings (SSSR count). The van der Waals surface area contributed by atoms with Gasteiger partial charge >= 0.3 is 5.97 Å². The minimum absolute atomic E-state index is 0.154. The Balaban J connectivity index is 2.41. The standard InChI is InChI=1S/C12H17NO4/c1-15-8-11(13)12(14)17-7-9-3-5-10(16-2)6-4-9/h3-6,11H,7-8,13H2,1-2H3. The van der Waals surface area contributed by atoms with Crippen molar-refractivity contribution in [1.29, 1.82) is 0 Å². The van der Waals surface area contributed by atoms with Crippen LogP contribution in [0.1, 0.15) is 5.56 Å². The zero-order valence-electron chi connectivity index (χ0n) is 10.0. The van der Waals surface area contributed by atoms with Gasteiger partial charge in [-0.1, -0.05) is 12.1 Å². The predicted octanol–water partition coefficient (Wildman–Crippen LogP) is 0.712. The van der Waals surface area contributed by atoms with Crippen LogP contribution >= 0.6 is 0 Å². The second-order valence-electron chi connectivity index (χ2n) is 3.52. The summed E-state index contributed by atoms with van der Waals surface area (Å²) >= 11 is 0. The molecular weight excluding hydrogens is 222 g/mol. The molecule has 0 aliphatic heterocycles. The number of carbonyl (C=O) groups excluding carboxylic acids is 1. The Kier molecular flexibility index (Phi) is 5.45. The molecule has 0 spiro atoms. The van der Waals surface area contributed by atoms with E-state index in [-0.39, 0.29) is 13.2 Å². The number of hydrogen-bond acceptors (Lipinski definition) is 5. The van der Waals surface area contributed by atoms with E-state index in [0.717, 1.165) is 11.3 Å². The number of carbonyl (C=O) groups is 1. The number of nitrogens with two attached hydrogens (primary N) is 1. The fraction of sp³-hybridized carbons (Fsp3) is 0.417. The molecule has 0 saturated heterocycles. The Bertz CT molecular complexity index is 350. The van der Waals surface area contributed by atoms with E-state index in [2.05, 4.69) is 0 Å². The molecule has 0 aliphatic rings. The van der Waals surface area contributed by atoms with Gasteiger partial charge in [0, 0.05) is 7.11 Å². The maximum Gasteiger partial charge on any atom is 0.325 e. The van der Waals surface area contributed by atoms with Crippen molar-refractivity contribution in [2.24, 2.45) is 5.73 Å². The summed E-state index contributed by atoms with van der Waals surface area (Å²) in [6, 6.07) is 6.52. The minimum atomic E-state index is -0.738. The second-order valence-corrected chi connectivity index (χ2v) is 3.52. The summed E-state index contributed by atoms with van der Waals surface area (Å²) in [6.07, 6.45) is 0. The fourth-order valence-electron chi connectivity index (χ4n) is 1.23. The Labute approximate surface area is 100 Å². The average molecular weight is 239 g/mol. The van der Waals surface area contributed by atoms with Gasteiger partial charge in [0.2, 0.25) is 0 Å². The first-order chi connectivity index (χ1) is 8.17. The number of esters is 1. The molecule has 5 heteroatoms. The van der Waals surface area contributed by atoms with Crippen molar-refractivity contribution < 1.29 is 19.0 Å². The molecule has 0 aromatic heterocycles. The molecule has 0 aliphatic carbocycles. The molecule has 0 fully saturated rings. The molecule has 0 saturated carbocycles. The second kappa shape index (κ2) is 6.88. The van der Waals surface area contributed by atoms with Crippen molar-refractivity contribution in [3.8, 4) is 5.75 Å². The van der Waals surface area contributed by atoms with Crippen LogP contribution in [0.5, 0.6) is 5.75 Å². The van der Waals surface area contributed by atoms with Gasteiger partial charge in [0.25, 0.3) is 0 Å². The molecule has 0 bridgehead atoms. The van der Waals surface area contributed by atoms with Gasteiger partial charge in [-0.3, -0.25) is 4.79 Å². The SMILES string of the molecule is COCC(N)C(=O)OCc1ccc(OC)cc1. The van der Waals surface area contributed by atoms with Gasteiger partial charge in [-0.2, -0.15) is 0 Å². The van der Waals surface area contributed by atoms with Gasteiger partial charge in [0.1, 0.15) is 18.4 Å². The monoisotopic (exact) mass is 239 g/mol. The predicted molar refractivity (Wildman–Crippen MR) is 62.6 cm³/mol. The quantitative estimate of drug-likeness (QED) is 0.740. The average Bonchev–Trinajstić information content (AvgIpc) is 2.36. The highest BCUT2D eigenvalue weighted by Gasteiger charge is 2.14. The first kappa shape index (κ1) is 13.5. The van der Waals surface area contributed by atoms with Gasteiger partial charge in [-0.15, -0.1) is 0 Å². The van der Waals surface area contributed by atoms with Crippen LogP contribution in [0.3, 0.4) is 0 Å². The number of hydrogen-bond donors (Lipinski definition) is 1. The van der Waals surface area contributed by atoms with E-state index in [1.165, 1.54) is 7.11 Å². The van der Waals surface area contributed by atoms with Crippen molar-refractivity contribution in [3.05, 3.63) is 29.8 Å². The van der Waals surface area contributed by atoms with Crippen LogP contribution in [0, 0.1) is 0 Å². The lowest BCUT2D eigenvalue weighted by Gasteiger charge is -2.10. The summed E-state index contributed by atoms with van der Waals surface area (Å²) in [5, 5.41) is 0. The maximum atomic E-state index is 11.4. The van der Waals surface area contributed by atoms with E-state index in [1.54, 1.807) is 19.2 Å². The molecule has 0 heterocycles. The zero-order chi connectivity index (χ0) is 12.7. The van der Waals surface area contributed by atoms with Crippen LogP contribution in [-0.2, 0) is 20.9 Å². The van der Waals surface area contributed by atoms with E-state index in [9.17, 15) is 4.79 Å². The topological polar surface area (TPSA) is 70.8 Å². The number of benzene rings is 1. The van der Waals surface area contributed by atoms with Gasteiger partial charge in [0.15, 0.2) is 0 Å². The highest BCUT2D eigenvalue weighted by molar-refractivity contribution is 5.75. The van der Waals surface area contributed by atoms with Crippen LogP contribution in [0.4, 0.5) is 0 Å². The van der Waals surface area contributed by atoms with Crippen LogP contribution in [0.25, 0.3) is 0 Å². The maximum absolute atomic E-state index is 11.4. The molecule has 0 radical (unpaired) electrons. The first-order valence-electron chi connectivity index (χ1n) is 5.21. The Morgan fingerprint density at radius 2 is 1.94 bits per heavy atom. The molecule has 17 heavy (non-hydrogen) atoms. The number of rotatable bonds is 6. The third kappa shape index (κ3) is 4.42. The smallest absolute Gasteiger partial charge is 0.325 e. The van der Waals surface area contributed by atoms with Crippen LogP contribution in [0.15, 0.2) is 24.3 Å². The third-order valence-electron chi connectivity index (χ3n) is 2.19. The molecule has 94 valence electrons. The molecule has 1 aromatic rings. The van der Waals surface area contributed by atoms with E-state index in [0.29, 0.717) is 0 Å². The summed E-state index contributed by atoms with van der Waals surface area (Å²) in [6.45, 7) is 0.349. The van der Waals surface area contributed by atoms with E-state index >= 15 is 0 Å². The molecule has 0 amide bonds. The molecular formula is C12H17NO4. The number of methoxy groups -OCH3 is 2. The van der Waals surface area contributed by atoms with Crippen molar-refractivity contribution in [1.82, 2.24) is 0 Å². The molecule has 1 aromatic carbocycles. The van der Waals surface area contributed by atoms with E-state index < -0.39 is 12.0 Å². The van der Waals surface area contributed by atoms with Crippen molar-refractivity contribution >= 4 is 5.97 Å². The summed E-state index contributed by atoms with van der Waals surface area (Å²) in [5.74, 6) is 0.291. The molecule has 5 nitrogen and oxygen atoms in total. The summed E-state index contributed by atoms with van der Waals surface area (Å²) in [7, 11) is 3.08. The number of ether oxygens (including phenoxy) is 3. The van der Waals surface area contributed by atoms with Gasteiger partial charge < -0.3 is 19.9 Å². The third-order valence-corrected chi connectivity index (χ3v) is 2.19.